The Balaban J connectivity index is 1.28. The van der Waals surface area contributed by atoms with Crippen molar-refractivity contribution < 1.29 is 9.53 Å². The number of hydrogen-bond donors (Lipinski definition) is 0. The maximum atomic E-state index is 12.6. The summed E-state index contributed by atoms with van der Waals surface area (Å²) in [6, 6.07) is 15.2. The SMILES string of the molecule is COc1ccc(Br)cc1CCC(=O)N1CC(N2CCc3ccccc3C2)C1. The molecule has 0 spiro atoms. The van der Waals surface area contributed by atoms with Crippen molar-refractivity contribution in [3.05, 3.63) is 63.6 Å². The molecule has 0 aliphatic carbocycles. The second kappa shape index (κ2) is 8.03. The van der Waals surface area contributed by atoms with E-state index in [0.717, 1.165) is 48.4 Å². The first-order valence-corrected chi connectivity index (χ1v) is 10.3. The smallest absolute Gasteiger partial charge is 0.223 e. The molecule has 4 nitrogen and oxygen atoms in total. The number of nitrogens with zero attached hydrogens (tertiary/aromatic N) is 2. The summed E-state index contributed by atoms with van der Waals surface area (Å²) in [6.45, 7) is 3.82. The lowest BCUT2D eigenvalue weighted by Crippen LogP contribution is -2.61. The van der Waals surface area contributed by atoms with Gasteiger partial charge in [-0.2, -0.15) is 0 Å². The van der Waals surface area contributed by atoms with Crippen molar-refractivity contribution in [3.8, 4) is 5.75 Å². The van der Waals surface area contributed by atoms with Crippen LogP contribution in [0.5, 0.6) is 5.75 Å². The van der Waals surface area contributed by atoms with E-state index in [0.29, 0.717) is 18.9 Å². The Labute approximate surface area is 169 Å². The minimum Gasteiger partial charge on any atom is -0.496 e. The third kappa shape index (κ3) is 4.04. The first-order chi connectivity index (χ1) is 13.1. The highest BCUT2D eigenvalue weighted by atomic mass is 79.9. The number of benzene rings is 2. The van der Waals surface area contributed by atoms with Gasteiger partial charge < -0.3 is 9.64 Å². The van der Waals surface area contributed by atoms with Crippen molar-refractivity contribution in [3.63, 3.8) is 0 Å². The van der Waals surface area contributed by atoms with Gasteiger partial charge in [0.2, 0.25) is 5.91 Å². The fourth-order valence-electron chi connectivity index (χ4n) is 4.06. The van der Waals surface area contributed by atoms with Crippen molar-refractivity contribution in [2.24, 2.45) is 0 Å². The molecule has 2 aliphatic rings. The molecule has 27 heavy (non-hydrogen) atoms. The molecule has 0 unspecified atom stereocenters. The number of hydrogen-bond acceptors (Lipinski definition) is 3. The van der Waals surface area contributed by atoms with E-state index in [4.69, 9.17) is 4.74 Å². The minimum absolute atomic E-state index is 0.241. The summed E-state index contributed by atoms with van der Waals surface area (Å²) in [5.74, 6) is 1.09. The van der Waals surface area contributed by atoms with Crippen LogP contribution in [0.15, 0.2) is 46.9 Å². The van der Waals surface area contributed by atoms with Gasteiger partial charge in [0.05, 0.1) is 7.11 Å². The van der Waals surface area contributed by atoms with Crippen LogP contribution in [0.3, 0.4) is 0 Å². The van der Waals surface area contributed by atoms with Gasteiger partial charge in [-0.15, -0.1) is 0 Å². The Hall–Kier alpha value is -1.85. The summed E-state index contributed by atoms with van der Waals surface area (Å²) in [7, 11) is 1.67. The predicted octanol–water partition coefficient (Wildman–Crippen LogP) is 3.66. The van der Waals surface area contributed by atoms with Crippen molar-refractivity contribution >= 4 is 21.8 Å². The van der Waals surface area contributed by atoms with E-state index < -0.39 is 0 Å². The van der Waals surface area contributed by atoms with Gasteiger partial charge in [0.1, 0.15) is 5.75 Å². The summed E-state index contributed by atoms with van der Waals surface area (Å²) < 4.78 is 6.42. The third-order valence-corrected chi connectivity index (χ3v) is 6.24. The largest absolute Gasteiger partial charge is 0.496 e. The molecule has 2 aliphatic heterocycles. The maximum absolute atomic E-state index is 12.6. The zero-order chi connectivity index (χ0) is 18.8. The number of halogens is 1. The Morgan fingerprint density at radius 2 is 1.96 bits per heavy atom. The van der Waals surface area contributed by atoms with E-state index in [1.165, 1.54) is 11.1 Å². The molecule has 0 aromatic heterocycles. The van der Waals surface area contributed by atoms with Crippen molar-refractivity contribution in [2.45, 2.75) is 31.8 Å². The summed E-state index contributed by atoms with van der Waals surface area (Å²) >= 11 is 3.49. The number of carbonyl (C=O) groups is 1. The average Bonchev–Trinajstić information content (AvgIpc) is 2.65. The van der Waals surface area contributed by atoms with Crippen LogP contribution in [0.25, 0.3) is 0 Å². The molecule has 1 fully saturated rings. The lowest BCUT2D eigenvalue weighted by Gasteiger charge is -2.47. The van der Waals surface area contributed by atoms with Gasteiger partial charge in [-0.1, -0.05) is 40.2 Å². The molecule has 0 radical (unpaired) electrons. The van der Waals surface area contributed by atoms with E-state index in [1.54, 1.807) is 7.11 Å². The normalized spacial score (nSPS) is 17.3. The minimum atomic E-state index is 0.241. The van der Waals surface area contributed by atoms with Crippen LogP contribution >= 0.6 is 15.9 Å². The molecule has 0 saturated carbocycles. The summed E-state index contributed by atoms with van der Waals surface area (Å²) in [5.41, 5.74) is 3.99. The molecule has 4 rings (SSSR count). The summed E-state index contributed by atoms with van der Waals surface area (Å²) in [6.07, 6.45) is 2.35. The molecule has 1 amide bonds. The van der Waals surface area contributed by atoms with Crippen LogP contribution < -0.4 is 4.74 Å². The summed E-state index contributed by atoms with van der Waals surface area (Å²) in [4.78, 5) is 17.1. The second-order valence-corrected chi connectivity index (χ2v) is 8.31. The average molecular weight is 429 g/mol. The lowest BCUT2D eigenvalue weighted by atomic mass is 9.96. The van der Waals surface area contributed by atoms with E-state index in [1.807, 2.05) is 23.1 Å². The number of carbonyl (C=O) groups excluding carboxylic acids is 1. The van der Waals surface area contributed by atoms with Crippen LogP contribution in [0.1, 0.15) is 23.1 Å². The number of methoxy groups -OCH3 is 1. The lowest BCUT2D eigenvalue weighted by molar-refractivity contribution is -0.138. The maximum Gasteiger partial charge on any atom is 0.223 e. The summed E-state index contributed by atoms with van der Waals surface area (Å²) in [5, 5.41) is 0. The van der Waals surface area contributed by atoms with Crippen LogP contribution in [0.4, 0.5) is 0 Å². The molecule has 0 N–H and O–H groups in total. The molecule has 5 heteroatoms. The zero-order valence-electron chi connectivity index (χ0n) is 15.7. The molecule has 0 bridgehead atoms. The van der Waals surface area contributed by atoms with E-state index in [9.17, 15) is 4.79 Å². The van der Waals surface area contributed by atoms with E-state index in [2.05, 4.69) is 45.1 Å². The highest BCUT2D eigenvalue weighted by molar-refractivity contribution is 9.10. The number of fused-ring (bicyclic) bond motifs is 1. The van der Waals surface area contributed by atoms with Gasteiger partial charge in [0, 0.05) is 43.1 Å². The topological polar surface area (TPSA) is 32.8 Å². The van der Waals surface area contributed by atoms with Crippen LogP contribution in [0.2, 0.25) is 0 Å². The van der Waals surface area contributed by atoms with Crippen molar-refractivity contribution in [1.82, 2.24) is 9.80 Å². The number of rotatable bonds is 5. The molecular weight excluding hydrogens is 404 g/mol. The molecule has 1 saturated heterocycles. The third-order valence-electron chi connectivity index (χ3n) is 5.74. The van der Waals surface area contributed by atoms with Gasteiger partial charge in [-0.3, -0.25) is 9.69 Å². The Morgan fingerprint density at radius 1 is 1.19 bits per heavy atom. The number of ether oxygens (including phenoxy) is 1. The first-order valence-electron chi connectivity index (χ1n) is 9.55. The Kier molecular flexibility index (Phi) is 5.50. The fourth-order valence-corrected chi connectivity index (χ4v) is 4.47. The quantitative estimate of drug-likeness (QED) is 0.728. The number of likely N-dealkylation sites (tertiary alicyclic amines) is 1. The van der Waals surface area contributed by atoms with Crippen molar-refractivity contribution in [1.29, 1.82) is 0 Å². The van der Waals surface area contributed by atoms with Crippen LogP contribution in [0, 0.1) is 0 Å². The standard InChI is InChI=1S/C22H25BrN2O2/c1-27-21-8-7-19(23)12-17(21)6-9-22(26)25-14-20(15-25)24-11-10-16-4-2-3-5-18(16)13-24/h2-5,7-8,12,20H,6,9-11,13-15H2,1H3. The first kappa shape index (κ1) is 18.5. The number of aryl methyl sites for hydroxylation is 1. The van der Waals surface area contributed by atoms with Crippen LogP contribution in [-0.2, 0) is 24.2 Å². The molecule has 2 aromatic carbocycles. The van der Waals surface area contributed by atoms with Gasteiger partial charge in [0.25, 0.3) is 0 Å². The molecule has 0 atom stereocenters. The molecule has 142 valence electrons. The number of amides is 1. The molecule has 2 heterocycles. The monoisotopic (exact) mass is 428 g/mol. The van der Waals surface area contributed by atoms with Gasteiger partial charge in [-0.05, 0) is 47.7 Å². The Morgan fingerprint density at radius 3 is 2.74 bits per heavy atom. The predicted molar refractivity (Wildman–Crippen MR) is 110 cm³/mol. The Bertz CT molecular complexity index is 833. The second-order valence-electron chi connectivity index (χ2n) is 7.40. The highest BCUT2D eigenvalue weighted by Crippen LogP contribution is 2.27. The zero-order valence-corrected chi connectivity index (χ0v) is 17.2. The van der Waals surface area contributed by atoms with E-state index in [-0.39, 0.29) is 5.91 Å². The van der Waals surface area contributed by atoms with E-state index >= 15 is 0 Å². The molecular formula is C22H25BrN2O2. The van der Waals surface area contributed by atoms with Crippen molar-refractivity contribution in [2.75, 3.05) is 26.7 Å². The molecule has 2 aromatic rings. The fraction of sp³-hybridized carbons (Fsp3) is 0.409. The highest BCUT2D eigenvalue weighted by Gasteiger charge is 2.35. The van der Waals surface area contributed by atoms with Gasteiger partial charge in [0.15, 0.2) is 0 Å². The van der Waals surface area contributed by atoms with Gasteiger partial charge >= 0.3 is 0 Å². The van der Waals surface area contributed by atoms with Gasteiger partial charge in [-0.25, -0.2) is 0 Å². The van der Waals surface area contributed by atoms with Crippen LogP contribution in [-0.4, -0.2) is 48.5 Å².